The lowest BCUT2D eigenvalue weighted by Crippen LogP contribution is -2.54. The molecule has 0 radical (unpaired) electrons. The Morgan fingerprint density at radius 1 is 0.559 bits per heavy atom. The van der Waals surface area contributed by atoms with E-state index in [2.05, 4.69) is 119 Å². The van der Waals surface area contributed by atoms with E-state index in [0.717, 1.165) is 0 Å². The number of aliphatic hydroxyl groups is 2. The van der Waals surface area contributed by atoms with Crippen molar-refractivity contribution < 1.29 is 10.2 Å². The summed E-state index contributed by atoms with van der Waals surface area (Å²) in [6.07, 6.45) is 3.59. The van der Waals surface area contributed by atoms with Crippen LogP contribution in [-0.4, -0.2) is 37.6 Å². The second-order valence-corrected chi connectivity index (χ2v) is 23.2. The molecule has 0 fully saturated rings. The molecule has 2 N–H and O–H groups in total. The Bertz CT molecular complexity index is 690. The second-order valence-electron chi connectivity index (χ2n) is 12.0. The molecular formula is C30H54O2Si2. The van der Waals surface area contributed by atoms with E-state index < -0.39 is 27.3 Å². The summed E-state index contributed by atoms with van der Waals surface area (Å²) in [6, 6.07) is 0. The van der Waals surface area contributed by atoms with Crippen molar-refractivity contribution in [2.45, 2.75) is 140 Å². The van der Waals surface area contributed by atoms with Crippen molar-refractivity contribution >= 4 is 16.1 Å². The molecule has 0 aliphatic heterocycles. The Labute approximate surface area is 214 Å². The largest absolute Gasteiger partial charge is 0.373 e. The summed E-state index contributed by atoms with van der Waals surface area (Å²) in [5, 5.41) is 24.0. The van der Waals surface area contributed by atoms with E-state index in [1.165, 1.54) is 0 Å². The van der Waals surface area contributed by atoms with Crippen molar-refractivity contribution in [2.75, 3.05) is 0 Å². The van der Waals surface area contributed by atoms with E-state index >= 15 is 0 Å². The Morgan fingerprint density at radius 3 is 0.912 bits per heavy atom. The van der Waals surface area contributed by atoms with E-state index in [1.807, 2.05) is 0 Å². The van der Waals surface area contributed by atoms with Crippen molar-refractivity contribution in [3.05, 3.63) is 25.3 Å². The van der Waals surface area contributed by atoms with E-state index in [1.54, 1.807) is 12.2 Å². The SMILES string of the molecule is C=CC[C@](O)(C#C[Si](C(C)C)(C(C)C)C(C)C)[C@@](O)(C#C[Si](C(C)C)(C(C)C)C(C)C)CC=C. The van der Waals surface area contributed by atoms with Crippen LogP contribution in [0.2, 0.25) is 33.2 Å². The maximum atomic E-state index is 12.0. The number of hydrogen-bond acceptors (Lipinski definition) is 2. The molecule has 2 nitrogen and oxygen atoms in total. The molecule has 0 unspecified atom stereocenters. The standard InChI is InChI=1S/C30H54O2Si2/c1-15-17-29(31,19-21-33(23(3)4,24(5)6)25(7)8)30(32,18-16-2)20-22-34(26(9)10,27(11)12)28(13)14/h15-16,23-28,31-32H,1-2,17-18H2,3-14H3/t29-,30-/m0/s1. The molecule has 0 aliphatic rings. The molecule has 0 saturated heterocycles. The summed E-state index contributed by atoms with van der Waals surface area (Å²) in [4.78, 5) is 0. The number of hydrogen-bond donors (Lipinski definition) is 2. The molecule has 0 aromatic carbocycles. The monoisotopic (exact) mass is 502 g/mol. The summed E-state index contributed by atoms with van der Waals surface area (Å²) in [6.45, 7) is 34.7. The summed E-state index contributed by atoms with van der Waals surface area (Å²) >= 11 is 0. The highest BCUT2D eigenvalue weighted by molar-refractivity contribution is 6.91. The van der Waals surface area contributed by atoms with Gasteiger partial charge in [-0.3, -0.25) is 0 Å². The molecule has 34 heavy (non-hydrogen) atoms. The first-order valence-corrected chi connectivity index (χ1v) is 17.7. The minimum Gasteiger partial charge on any atom is -0.373 e. The Kier molecular flexibility index (Phi) is 12.4. The van der Waals surface area contributed by atoms with Crippen LogP contribution in [0.3, 0.4) is 0 Å². The Morgan fingerprint density at radius 2 is 0.765 bits per heavy atom. The predicted molar refractivity (Wildman–Crippen MR) is 157 cm³/mol. The molecule has 4 heteroatoms. The summed E-state index contributed by atoms with van der Waals surface area (Å²) < 4.78 is 0. The van der Waals surface area contributed by atoms with Crippen LogP contribution in [0.15, 0.2) is 25.3 Å². The van der Waals surface area contributed by atoms with Gasteiger partial charge >= 0.3 is 0 Å². The van der Waals surface area contributed by atoms with Gasteiger partial charge in [0.25, 0.3) is 0 Å². The van der Waals surface area contributed by atoms with E-state index in [9.17, 15) is 10.2 Å². The zero-order valence-corrected chi connectivity index (χ0v) is 26.3. The minimum absolute atomic E-state index is 0.150. The van der Waals surface area contributed by atoms with Crippen LogP contribution >= 0.6 is 0 Å². The van der Waals surface area contributed by atoms with E-state index in [-0.39, 0.29) is 12.8 Å². The average molecular weight is 503 g/mol. The molecule has 0 aromatic rings. The third-order valence-corrected chi connectivity index (χ3v) is 20.8. The van der Waals surface area contributed by atoms with Gasteiger partial charge in [-0.25, -0.2) is 0 Å². The first kappa shape index (κ1) is 33.0. The molecule has 0 saturated carbocycles. The van der Waals surface area contributed by atoms with Gasteiger partial charge < -0.3 is 10.2 Å². The maximum absolute atomic E-state index is 12.0. The van der Waals surface area contributed by atoms with Crippen molar-refractivity contribution in [1.82, 2.24) is 0 Å². The molecule has 0 aromatic heterocycles. The zero-order chi connectivity index (χ0) is 27.1. The van der Waals surface area contributed by atoms with Gasteiger partial charge in [-0.15, -0.1) is 24.2 Å². The second kappa shape index (κ2) is 12.8. The molecule has 0 aliphatic carbocycles. The van der Waals surface area contributed by atoms with Crippen LogP contribution in [-0.2, 0) is 0 Å². The molecule has 2 atom stereocenters. The van der Waals surface area contributed by atoms with Gasteiger partial charge in [0, 0.05) is 12.8 Å². The fourth-order valence-corrected chi connectivity index (χ4v) is 16.9. The smallest absolute Gasteiger partial charge is 0.168 e. The van der Waals surface area contributed by atoms with Gasteiger partial charge in [-0.2, -0.15) is 0 Å². The van der Waals surface area contributed by atoms with Crippen LogP contribution in [0, 0.1) is 22.9 Å². The minimum atomic E-state index is -2.11. The van der Waals surface area contributed by atoms with Gasteiger partial charge in [0.15, 0.2) is 11.2 Å². The lowest BCUT2D eigenvalue weighted by Gasteiger charge is -2.41. The van der Waals surface area contributed by atoms with Crippen molar-refractivity contribution in [1.29, 1.82) is 0 Å². The van der Waals surface area contributed by atoms with Crippen molar-refractivity contribution in [2.24, 2.45) is 0 Å². The molecule has 0 amide bonds. The van der Waals surface area contributed by atoms with E-state index in [0.29, 0.717) is 33.2 Å². The fraction of sp³-hybridized carbons (Fsp3) is 0.733. The van der Waals surface area contributed by atoms with Gasteiger partial charge in [-0.1, -0.05) is 107 Å². The predicted octanol–water partition coefficient (Wildman–Crippen LogP) is 8.04. The highest BCUT2D eigenvalue weighted by Crippen LogP contribution is 2.43. The van der Waals surface area contributed by atoms with Gasteiger partial charge in [0.1, 0.15) is 16.1 Å². The quantitative estimate of drug-likeness (QED) is 0.170. The first-order chi connectivity index (χ1) is 15.4. The van der Waals surface area contributed by atoms with Crippen LogP contribution in [0.5, 0.6) is 0 Å². The molecule has 0 bridgehead atoms. The summed E-state index contributed by atoms with van der Waals surface area (Å²) in [5.41, 5.74) is 6.39. The average Bonchev–Trinajstić information content (AvgIpc) is 2.67. The van der Waals surface area contributed by atoms with Gasteiger partial charge in [-0.05, 0) is 33.2 Å². The molecule has 0 spiro atoms. The van der Waals surface area contributed by atoms with E-state index in [4.69, 9.17) is 0 Å². The van der Waals surface area contributed by atoms with Crippen LogP contribution in [0.1, 0.15) is 95.9 Å². The van der Waals surface area contributed by atoms with Gasteiger partial charge in [0.2, 0.25) is 0 Å². The summed E-state index contributed by atoms with van der Waals surface area (Å²) in [5.74, 6) is 6.49. The Balaban J connectivity index is 7.22. The maximum Gasteiger partial charge on any atom is 0.168 e. The van der Waals surface area contributed by atoms with Crippen molar-refractivity contribution in [3.8, 4) is 22.9 Å². The lowest BCUT2D eigenvalue weighted by atomic mass is 9.79. The molecule has 0 heterocycles. The molecule has 0 rings (SSSR count). The highest BCUT2D eigenvalue weighted by Gasteiger charge is 2.49. The third kappa shape index (κ3) is 6.38. The van der Waals surface area contributed by atoms with Crippen molar-refractivity contribution in [3.63, 3.8) is 0 Å². The molecular weight excluding hydrogens is 449 g/mol. The fourth-order valence-electron chi connectivity index (χ4n) is 6.35. The summed E-state index contributed by atoms with van der Waals surface area (Å²) in [7, 11) is -4.23. The normalized spacial score (nSPS) is 16.2. The Hall–Kier alpha value is -1.05. The topological polar surface area (TPSA) is 40.5 Å². The lowest BCUT2D eigenvalue weighted by molar-refractivity contribution is -0.0748. The van der Waals surface area contributed by atoms with Gasteiger partial charge in [0.05, 0.1) is 0 Å². The first-order valence-electron chi connectivity index (χ1n) is 13.2. The third-order valence-electron chi connectivity index (χ3n) is 8.27. The van der Waals surface area contributed by atoms with Crippen LogP contribution in [0.25, 0.3) is 0 Å². The van der Waals surface area contributed by atoms with Crippen LogP contribution in [0.4, 0.5) is 0 Å². The highest BCUT2D eigenvalue weighted by atomic mass is 28.3. The number of rotatable bonds is 11. The zero-order valence-electron chi connectivity index (χ0n) is 24.3. The molecule has 194 valence electrons. The van der Waals surface area contributed by atoms with Crippen LogP contribution < -0.4 is 0 Å².